The Morgan fingerprint density at radius 3 is 2.89 bits per heavy atom. The van der Waals surface area contributed by atoms with Gasteiger partial charge in [0.1, 0.15) is 5.01 Å². The lowest BCUT2D eigenvalue weighted by molar-refractivity contribution is 0.186. The molecule has 4 heteroatoms. The number of rotatable bonds is 4. The molecule has 0 aromatic carbocycles. The fourth-order valence-electron chi connectivity index (χ4n) is 2.92. The summed E-state index contributed by atoms with van der Waals surface area (Å²) in [5.41, 5.74) is 1.16. The fraction of sp³-hybridized carbons (Fsp3) is 0.800. The molecule has 2 rings (SSSR count). The van der Waals surface area contributed by atoms with Crippen LogP contribution in [0.1, 0.15) is 49.9 Å². The van der Waals surface area contributed by atoms with Gasteiger partial charge in [-0.3, -0.25) is 4.90 Å². The highest BCUT2D eigenvalue weighted by atomic mass is 32.1. The third-order valence-electron chi connectivity index (χ3n) is 3.94. The molecule has 1 aliphatic heterocycles. The van der Waals surface area contributed by atoms with Crippen molar-refractivity contribution in [2.75, 3.05) is 20.1 Å². The maximum Gasteiger partial charge on any atom is 0.110 e. The van der Waals surface area contributed by atoms with Gasteiger partial charge in [-0.1, -0.05) is 20.3 Å². The van der Waals surface area contributed by atoms with E-state index >= 15 is 0 Å². The maximum absolute atomic E-state index is 4.75. The molecule has 1 aromatic heterocycles. The van der Waals surface area contributed by atoms with Gasteiger partial charge in [0.05, 0.1) is 6.04 Å². The Labute approximate surface area is 121 Å². The van der Waals surface area contributed by atoms with Gasteiger partial charge in [-0.25, -0.2) is 4.98 Å². The van der Waals surface area contributed by atoms with Gasteiger partial charge in [-0.2, -0.15) is 0 Å². The first-order valence-electron chi connectivity index (χ1n) is 7.43. The van der Waals surface area contributed by atoms with E-state index in [0.717, 1.165) is 12.2 Å². The van der Waals surface area contributed by atoms with Gasteiger partial charge in [0, 0.05) is 23.7 Å². The third-order valence-corrected chi connectivity index (χ3v) is 4.97. The number of nitrogens with zero attached hydrogens (tertiary/aromatic N) is 2. The van der Waals surface area contributed by atoms with Gasteiger partial charge in [-0.05, 0) is 39.3 Å². The molecule has 2 unspecified atom stereocenters. The maximum atomic E-state index is 4.75. The van der Waals surface area contributed by atoms with Crippen molar-refractivity contribution >= 4 is 11.3 Å². The molecule has 0 radical (unpaired) electrons. The Balaban J connectivity index is 2.15. The molecule has 0 amide bonds. The summed E-state index contributed by atoms with van der Waals surface area (Å²) in [4.78, 5) is 7.26. The van der Waals surface area contributed by atoms with E-state index in [9.17, 15) is 0 Å². The lowest BCUT2D eigenvalue weighted by atomic mass is 9.94. The SMILES string of the molecule is Cc1csc(C2C(CNC(C)C)CCCCN2C)n1. The lowest BCUT2D eigenvalue weighted by Gasteiger charge is -2.31. The van der Waals surface area contributed by atoms with Crippen molar-refractivity contribution in [1.29, 1.82) is 0 Å². The number of hydrogen-bond acceptors (Lipinski definition) is 4. The van der Waals surface area contributed by atoms with Crippen LogP contribution in [0.25, 0.3) is 0 Å². The van der Waals surface area contributed by atoms with Gasteiger partial charge < -0.3 is 5.32 Å². The molecule has 2 atom stereocenters. The van der Waals surface area contributed by atoms with Crippen LogP contribution < -0.4 is 5.32 Å². The molecule has 0 bridgehead atoms. The molecule has 1 fully saturated rings. The second-order valence-corrected chi connectivity index (χ2v) is 6.96. The normalized spacial score (nSPS) is 25.7. The van der Waals surface area contributed by atoms with Gasteiger partial charge >= 0.3 is 0 Å². The van der Waals surface area contributed by atoms with Crippen LogP contribution in [0.4, 0.5) is 0 Å². The zero-order valence-corrected chi connectivity index (χ0v) is 13.5. The molecule has 2 heterocycles. The predicted molar refractivity (Wildman–Crippen MR) is 82.7 cm³/mol. The Morgan fingerprint density at radius 2 is 2.26 bits per heavy atom. The molecular weight excluding hydrogens is 254 g/mol. The Bertz CT molecular complexity index is 388. The number of hydrogen-bond donors (Lipinski definition) is 1. The minimum Gasteiger partial charge on any atom is -0.314 e. The Kier molecular flexibility index (Phi) is 5.37. The van der Waals surface area contributed by atoms with Crippen LogP contribution in [-0.4, -0.2) is 36.1 Å². The average Bonchev–Trinajstić information content (AvgIpc) is 2.67. The Hall–Kier alpha value is -0.450. The predicted octanol–water partition coefficient (Wildman–Crippen LogP) is 3.22. The van der Waals surface area contributed by atoms with E-state index in [1.54, 1.807) is 0 Å². The number of likely N-dealkylation sites (tertiary alicyclic amines) is 1. The average molecular weight is 281 g/mol. The lowest BCUT2D eigenvalue weighted by Crippen LogP contribution is -2.37. The van der Waals surface area contributed by atoms with Crippen molar-refractivity contribution < 1.29 is 0 Å². The summed E-state index contributed by atoms with van der Waals surface area (Å²) in [5, 5.41) is 7.11. The topological polar surface area (TPSA) is 28.2 Å². The molecule has 3 nitrogen and oxygen atoms in total. The monoisotopic (exact) mass is 281 g/mol. The first-order valence-corrected chi connectivity index (χ1v) is 8.31. The molecule has 19 heavy (non-hydrogen) atoms. The van der Waals surface area contributed by atoms with E-state index in [2.05, 4.69) is 43.4 Å². The van der Waals surface area contributed by atoms with E-state index in [-0.39, 0.29) is 0 Å². The summed E-state index contributed by atoms with van der Waals surface area (Å²) in [7, 11) is 2.26. The highest BCUT2D eigenvalue weighted by Gasteiger charge is 2.30. The van der Waals surface area contributed by atoms with Crippen LogP contribution in [0.15, 0.2) is 5.38 Å². The first-order chi connectivity index (χ1) is 9.08. The number of nitrogens with one attached hydrogen (secondary N) is 1. The molecule has 0 spiro atoms. The fourth-order valence-corrected chi connectivity index (χ4v) is 3.98. The second kappa shape index (κ2) is 6.82. The first kappa shape index (κ1) is 14.9. The molecular formula is C15H27N3S. The van der Waals surface area contributed by atoms with Crippen LogP contribution in [0.2, 0.25) is 0 Å². The van der Waals surface area contributed by atoms with E-state index in [1.807, 2.05) is 11.3 Å². The zero-order valence-electron chi connectivity index (χ0n) is 12.6. The third kappa shape index (κ3) is 4.01. The zero-order chi connectivity index (χ0) is 13.8. The minimum atomic E-state index is 0.493. The molecule has 1 aromatic rings. The summed E-state index contributed by atoms with van der Waals surface area (Å²) < 4.78 is 0. The van der Waals surface area contributed by atoms with E-state index in [4.69, 9.17) is 4.98 Å². The van der Waals surface area contributed by atoms with E-state index in [0.29, 0.717) is 18.0 Å². The van der Waals surface area contributed by atoms with Gasteiger partial charge in [-0.15, -0.1) is 11.3 Å². The van der Waals surface area contributed by atoms with E-state index < -0.39 is 0 Å². The van der Waals surface area contributed by atoms with Crippen LogP contribution in [0, 0.1) is 12.8 Å². The smallest absolute Gasteiger partial charge is 0.110 e. The number of aryl methyl sites for hydroxylation is 1. The van der Waals surface area contributed by atoms with Crippen molar-refractivity contribution in [3.63, 3.8) is 0 Å². The van der Waals surface area contributed by atoms with Crippen molar-refractivity contribution in [1.82, 2.24) is 15.2 Å². The standard InChI is InChI=1S/C15H27N3S/c1-11(2)16-9-13-7-5-6-8-18(4)14(13)15-17-12(3)10-19-15/h10-11,13-14,16H,5-9H2,1-4H3. The highest BCUT2D eigenvalue weighted by molar-refractivity contribution is 7.09. The van der Waals surface area contributed by atoms with Gasteiger partial charge in [0.25, 0.3) is 0 Å². The molecule has 1 aliphatic rings. The summed E-state index contributed by atoms with van der Waals surface area (Å²) >= 11 is 1.83. The van der Waals surface area contributed by atoms with Crippen LogP contribution in [0.3, 0.4) is 0 Å². The summed E-state index contributed by atoms with van der Waals surface area (Å²) in [6.45, 7) is 8.84. The van der Waals surface area contributed by atoms with Gasteiger partial charge in [0.15, 0.2) is 0 Å². The molecule has 1 N–H and O–H groups in total. The largest absolute Gasteiger partial charge is 0.314 e. The van der Waals surface area contributed by atoms with Crippen molar-refractivity contribution in [3.8, 4) is 0 Å². The number of aromatic nitrogens is 1. The molecule has 0 aliphatic carbocycles. The molecule has 1 saturated heterocycles. The summed E-state index contributed by atoms with van der Waals surface area (Å²) in [6, 6.07) is 1.06. The van der Waals surface area contributed by atoms with Crippen LogP contribution >= 0.6 is 11.3 Å². The molecule has 108 valence electrons. The highest BCUT2D eigenvalue weighted by Crippen LogP contribution is 2.35. The van der Waals surface area contributed by atoms with Gasteiger partial charge in [0.2, 0.25) is 0 Å². The van der Waals surface area contributed by atoms with Crippen LogP contribution in [-0.2, 0) is 0 Å². The van der Waals surface area contributed by atoms with Crippen LogP contribution in [0.5, 0.6) is 0 Å². The van der Waals surface area contributed by atoms with Crippen molar-refractivity contribution in [3.05, 3.63) is 16.1 Å². The number of thiazole rings is 1. The van der Waals surface area contributed by atoms with Crippen molar-refractivity contribution in [2.24, 2.45) is 5.92 Å². The van der Waals surface area contributed by atoms with E-state index in [1.165, 1.54) is 30.8 Å². The minimum absolute atomic E-state index is 0.493. The summed E-state index contributed by atoms with van der Waals surface area (Å²) in [5.74, 6) is 0.681. The molecule has 0 saturated carbocycles. The Morgan fingerprint density at radius 1 is 1.47 bits per heavy atom. The summed E-state index contributed by atoms with van der Waals surface area (Å²) in [6.07, 6.45) is 3.97. The van der Waals surface area contributed by atoms with Crippen molar-refractivity contribution in [2.45, 2.75) is 52.1 Å². The second-order valence-electron chi connectivity index (χ2n) is 6.07. The quantitative estimate of drug-likeness (QED) is 0.918.